The Bertz CT molecular complexity index is 1320. The zero-order valence-corrected chi connectivity index (χ0v) is 17.6. The fourth-order valence-corrected chi connectivity index (χ4v) is 4.40. The second-order valence-electron chi connectivity index (χ2n) is 7.48. The predicted octanol–water partition coefficient (Wildman–Crippen LogP) is 5.87. The number of nitrogens with zero attached hydrogens (tertiary/aromatic N) is 3. The number of aryl methyl sites for hydroxylation is 1. The first kappa shape index (κ1) is 20.5. The van der Waals surface area contributed by atoms with Crippen LogP contribution >= 0.6 is 11.6 Å². The lowest BCUT2D eigenvalue weighted by Crippen LogP contribution is -2.36. The quantitative estimate of drug-likeness (QED) is 0.388. The van der Waals surface area contributed by atoms with Gasteiger partial charge in [-0.1, -0.05) is 41.9 Å². The molecule has 1 aromatic heterocycles. The van der Waals surface area contributed by atoms with Crippen molar-refractivity contribution in [1.82, 2.24) is 9.78 Å². The van der Waals surface area contributed by atoms with Crippen LogP contribution in [0.3, 0.4) is 0 Å². The smallest absolute Gasteiger partial charge is 0.387 e. The van der Waals surface area contributed by atoms with E-state index in [2.05, 4.69) is 5.10 Å². The highest BCUT2D eigenvalue weighted by molar-refractivity contribution is 6.33. The predicted molar refractivity (Wildman–Crippen MR) is 119 cm³/mol. The number of halogens is 3. The van der Waals surface area contributed by atoms with Crippen molar-refractivity contribution in [1.29, 1.82) is 0 Å². The van der Waals surface area contributed by atoms with Gasteiger partial charge in [0.1, 0.15) is 5.75 Å². The van der Waals surface area contributed by atoms with Gasteiger partial charge < -0.3 is 9.64 Å². The van der Waals surface area contributed by atoms with Gasteiger partial charge in [0.15, 0.2) is 0 Å². The van der Waals surface area contributed by atoms with E-state index in [9.17, 15) is 13.6 Å². The summed E-state index contributed by atoms with van der Waals surface area (Å²) >= 11 is 6.55. The highest BCUT2D eigenvalue weighted by Crippen LogP contribution is 2.38. The van der Waals surface area contributed by atoms with E-state index in [4.69, 9.17) is 16.3 Å². The molecular weight excluding hydrogens is 436 g/mol. The molecule has 0 spiro atoms. The van der Waals surface area contributed by atoms with E-state index in [1.807, 2.05) is 30.3 Å². The molecule has 1 aliphatic heterocycles. The molecular formula is C24H18ClF2N3O2. The lowest BCUT2D eigenvalue weighted by atomic mass is 10.00. The number of para-hydroxylation sites is 2. The number of amides is 1. The van der Waals surface area contributed by atoms with Crippen molar-refractivity contribution in [2.45, 2.75) is 19.5 Å². The average Bonchev–Trinajstić information content (AvgIpc) is 3.22. The van der Waals surface area contributed by atoms with Gasteiger partial charge in [0, 0.05) is 17.5 Å². The van der Waals surface area contributed by atoms with Crippen molar-refractivity contribution >= 4 is 34.1 Å². The molecule has 2 heterocycles. The maximum atomic E-state index is 13.4. The Balaban J connectivity index is 1.51. The first-order chi connectivity index (χ1) is 15.5. The molecule has 8 heteroatoms. The van der Waals surface area contributed by atoms with Crippen molar-refractivity contribution in [3.05, 3.63) is 83.0 Å². The number of carbonyl (C=O) groups is 1. The number of carbonyl (C=O) groups excluding carboxylic acids is 1. The zero-order valence-electron chi connectivity index (χ0n) is 16.8. The van der Waals surface area contributed by atoms with Crippen molar-refractivity contribution in [2.75, 3.05) is 11.4 Å². The average molecular weight is 454 g/mol. The van der Waals surface area contributed by atoms with Crippen LogP contribution in [0.15, 0.2) is 66.9 Å². The summed E-state index contributed by atoms with van der Waals surface area (Å²) in [6.45, 7) is -2.57. The van der Waals surface area contributed by atoms with Gasteiger partial charge in [-0.3, -0.25) is 4.79 Å². The fraction of sp³-hybridized carbons (Fsp3) is 0.167. The van der Waals surface area contributed by atoms with E-state index in [0.29, 0.717) is 34.9 Å². The normalized spacial score (nSPS) is 13.4. The van der Waals surface area contributed by atoms with Gasteiger partial charge in [0.2, 0.25) is 0 Å². The van der Waals surface area contributed by atoms with Gasteiger partial charge >= 0.3 is 6.61 Å². The monoisotopic (exact) mass is 453 g/mol. The summed E-state index contributed by atoms with van der Waals surface area (Å²) in [5, 5.41) is 5.74. The summed E-state index contributed by atoms with van der Waals surface area (Å²) in [7, 11) is 0. The van der Waals surface area contributed by atoms with Crippen LogP contribution in [-0.4, -0.2) is 28.8 Å². The Morgan fingerprint density at radius 3 is 2.75 bits per heavy atom. The van der Waals surface area contributed by atoms with Crippen LogP contribution in [0.1, 0.15) is 22.3 Å². The van der Waals surface area contributed by atoms with Gasteiger partial charge in [0.05, 0.1) is 28.1 Å². The molecule has 0 fully saturated rings. The standard InChI is InChI=1S/C24H18ClF2N3O2/c25-18-13-16(10-11-20(18)30-19-8-2-1-5-17(19)14-28-30)23(31)29-12-4-7-15-6-3-9-21(22(15)29)32-24(26)27/h1-3,5-6,8-11,13-14,24H,4,7,12H2. The molecule has 0 N–H and O–H groups in total. The molecule has 1 aliphatic rings. The van der Waals surface area contributed by atoms with Crippen LogP contribution in [0.25, 0.3) is 16.6 Å². The van der Waals surface area contributed by atoms with E-state index < -0.39 is 6.61 Å². The van der Waals surface area contributed by atoms with Crippen LogP contribution in [0.4, 0.5) is 14.5 Å². The molecule has 162 valence electrons. The van der Waals surface area contributed by atoms with Gasteiger partial charge in [0.25, 0.3) is 5.91 Å². The molecule has 3 aromatic carbocycles. The number of hydrogen-bond donors (Lipinski definition) is 0. The third kappa shape index (κ3) is 3.58. The highest BCUT2D eigenvalue weighted by atomic mass is 35.5. The number of alkyl halides is 2. The minimum absolute atomic E-state index is 0.00345. The topological polar surface area (TPSA) is 47.4 Å². The number of hydrogen-bond acceptors (Lipinski definition) is 3. The number of aromatic nitrogens is 2. The van der Waals surface area contributed by atoms with Crippen LogP contribution in [0.5, 0.6) is 5.75 Å². The van der Waals surface area contributed by atoms with Gasteiger partial charge in [-0.05, 0) is 48.7 Å². The van der Waals surface area contributed by atoms with Crippen LogP contribution in [0, 0.1) is 0 Å². The van der Waals surface area contributed by atoms with Gasteiger partial charge in [-0.15, -0.1) is 0 Å². The SMILES string of the molecule is O=C(c1ccc(-n2ncc3ccccc32)c(Cl)c1)N1CCCc2cccc(OC(F)F)c21. The Kier molecular flexibility index (Phi) is 5.27. The van der Waals surface area contributed by atoms with Crippen molar-refractivity contribution in [3.63, 3.8) is 0 Å². The van der Waals surface area contributed by atoms with Crippen LogP contribution < -0.4 is 9.64 Å². The molecule has 5 rings (SSSR count). The number of ether oxygens (including phenoxy) is 1. The molecule has 1 amide bonds. The number of rotatable bonds is 4. The maximum Gasteiger partial charge on any atom is 0.387 e. The lowest BCUT2D eigenvalue weighted by Gasteiger charge is -2.31. The Morgan fingerprint density at radius 1 is 1.09 bits per heavy atom. The number of fused-ring (bicyclic) bond motifs is 2. The molecule has 0 bridgehead atoms. The van der Waals surface area contributed by atoms with E-state index in [0.717, 1.165) is 22.9 Å². The summed E-state index contributed by atoms with van der Waals surface area (Å²) in [4.78, 5) is 14.9. The van der Waals surface area contributed by atoms with E-state index in [1.54, 1.807) is 35.1 Å². The third-order valence-electron chi connectivity index (χ3n) is 5.54. The summed E-state index contributed by atoms with van der Waals surface area (Å²) in [6, 6.07) is 17.7. The Morgan fingerprint density at radius 2 is 1.94 bits per heavy atom. The molecule has 32 heavy (non-hydrogen) atoms. The summed E-state index contributed by atoms with van der Waals surface area (Å²) < 4.78 is 32.3. The van der Waals surface area contributed by atoms with Crippen molar-refractivity contribution < 1.29 is 18.3 Å². The third-order valence-corrected chi connectivity index (χ3v) is 5.84. The Hall–Kier alpha value is -3.45. The summed E-state index contributed by atoms with van der Waals surface area (Å²) in [5.74, 6) is -0.327. The molecule has 0 unspecified atom stereocenters. The molecule has 4 aromatic rings. The minimum Gasteiger partial charge on any atom is -0.433 e. The lowest BCUT2D eigenvalue weighted by molar-refractivity contribution is -0.0495. The maximum absolute atomic E-state index is 13.4. The summed E-state index contributed by atoms with van der Waals surface area (Å²) in [5.41, 5.74) is 3.09. The van der Waals surface area contributed by atoms with Crippen molar-refractivity contribution in [3.8, 4) is 11.4 Å². The molecule has 0 saturated heterocycles. The molecule has 5 nitrogen and oxygen atoms in total. The second-order valence-corrected chi connectivity index (χ2v) is 7.89. The van der Waals surface area contributed by atoms with E-state index in [1.165, 1.54) is 11.0 Å². The van der Waals surface area contributed by atoms with Crippen LogP contribution in [-0.2, 0) is 6.42 Å². The molecule has 0 aliphatic carbocycles. The highest BCUT2D eigenvalue weighted by Gasteiger charge is 2.28. The zero-order chi connectivity index (χ0) is 22.2. The number of anilines is 1. The molecule has 0 radical (unpaired) electrons. The van der Waals surface area contributed by atoms with Gasteiger partial charge in [-0.25, -0.2) is 4.68 Å². The molecule has 0 atom stereocenters. The number of benzene rings is 3. The fourth-order valence-electron chi connectivity index (χ4n) is 4.14. The minimum atomic E-state index is -2.97. The summed E-state index contributed by atoms with van der Waals surface area (Å²) in [6.07, 6.45) is 3.16. The first-order valence-electron chi connectivity index (χ1n) is 10.1. The second kappa shape index (κ2) is 8.24. The van der Waals surface area contributed by atoms with Crippen LogP contribution in [0.2, 0.25) is 5.02 Å². The molecule has 0 saturated carbocycles. The first-order valence-corrected chi connectivity index (χ1v) is 10.5. The van der Waals surface area contributed by atoms with E-state index >= 15 is 0 Å². The van der Waals surface area contributed by atoms with Gasteiger partial charge in [-0.2, -0.15) is 13.9 Å². The largest absolute Gasteiger partial charge is 0.433 e. The Labute approximate surface area is 187 Å². The van der Waals surface area contributed by atoms with E-state index in [-0.39, 0.29) is 11.7 Å². The van der Waals surface area contributed by atoms with Crippen molar-refractivity contribution in [2.24, 2.45) is 0 Å².